The van der Waals surface area contributed by atoms with Gasteiger partial charge in [-0.15, -0.1) is 0 Å². The summed E-state index contributed by atoms with van der Waals surface area (Å²) < 4.78 is 13.1. The van der Waals surface area contributed by atoms with Crippen LogP contribution in [0.2, 0.25) is 0 Å². The van der Waals surface area contributed by atoms with E-state index in [4.69, 9.17) is 5.73 Å². The first-order chi connectivity index (χ1) is 8.20. The summed E-state index contributed by atoms with van der Waals surface area (Å²) in [6.45, 7) is 4.97. The highest BCUT2D eigenvalue weighted by atomic mass is 19.1. The molecule has 4 heteroatoms. The van der Waals surface area contributed by atoms with E-state index in [1.54, 1.807) is 12.3 Å². The molecule has 0 aliphatic carbocycles. The molecule has 0 aromatic carbocycles. The van der Waals surface area contributed by atoms with Crippen LogP contribution in [-0.4, -0.2) is 29.5 Å². The van der Waals surface area contributed by atoms with E-state index in [0.717, 1.165) is 38.0 Å². The number of likely N-dealkylation sites (tertiary alicyclic amines) is 1. The van der Waals surface area contributed by atoms with Crippen molar-refractivity contribution in [3.05, 3.63) is 29.8 Å². The number of aromatic nitrogens is 1. The van der Waals surface area contributed by atoms with Gasteiger partial charge in [0.25, 0.3) is 0 Å². The highest BCUT2D eigenvalue weighted by Crippen LogP contribution is 2.25. The zero-order chi connectivity index (χ0) is 12.3. The first-order valence-electron chi connectivity index (χ1n) is 6.25. The van der Waals surface area contributed by atoms with Crippen LogP contribution in [-0.2, 0) is 0 Å². The molecular formula is C13H20FN3. The predicted octanol–water partition coefficient (Wildman–Crippen LogP) is 1.95. The summed E-state index contributed by atoms with van der Waals surface area (Å²) >= 11 is 0. The number of pyridine rings is 1. The van der Waals surface area contributed by atoms with Gasteiger partial charge in [0.1, 0.15) is 5.82 Å². The van der Waals surface area contributed by atoms with E-state index in [9.17, 15) is 4.39 Å². The van der Waals surface area contributed by atoms with E-state index in [2.05, 4.69) is 16.8 Å². The predicted molar refractivity (Wildman–Crippen MR) is 66.0 cm³/mol. The van der Waals surface area contributed by atoms with E-state index in [0.29, 0.717) is 5.92 Å². The van der Waals surface area contributed by atoms with Crippen LogP contribution in [0, 0.1) is 11.7 Å². The maximum absolute atomic E-state index is 13.1. The minimum absolute atomic E-state index is 0.233. The maximum Gasteiger partial charge on any atom is 0.141 e. The lowest BCUT2D eigenvalue weighted by molar-refractivity contribution is 0.143. The zero-order valence-corrected chi connectivity index (χ0v) is 10.3. The van der Waals surface area contributed by atoms with Crippen molar-refractivity contribution in [3.8, 4) is 0 Å². The summed E-state index contributed by atoms with van der Waals surface area (Å²) in [7, 11) is 0. The smallest absolute Gasteiger partial charge is 0.141 e. The first kappa shape index (κ1) is 12.5. The SMILES string of the molecule is CC(c1cncc(F)c1)N1CCC(CN)CC1. The summed E-state index contributed by atoms with van der Waals surface area (Å²) in [6.07, 6.45) is 5.28. The number of halogens is 1. The molecule has 3 nitrogen and oxygen atoms in total. The van der Waals surface area contributed by atoms with Gasteiger partial charge in [-0.25, -0.2) is 4.39 Å². The Morgan fingerprint density at radius 3 is 2.76 bits per heavy atom. The van der Waals surface area contributed by atoms with Gasteiger partial charge in [0.2, 0.25) is 0 Å². The van der Waals surface area contributed by atoms with Crippen LogP contribution >= 0.6 is 0 Å². The van der Waals surface area contributed by atoms with E-state index in [1.165, 1.54) is 6.20 Å². The van der Waals surface area contributed by atoms with Gasteiger partial charge in [-0.05, 0) is 56.9 Å². The Morgan fingerprint density at radius 1 is 1.47 bits per heavy atom. The van der Waals surface area contributed by atoms with Crippen molar-refractivity contribution in [3.63, 3.8) is 0 Å². The number of rotatable bonds is 3. The Labute approximate surface area is 102 Å². The van der Waals surface area contributed by atoms with E-state index in [-0.39, 0.29) is 11.9 Å². The van der Waals surface area contributed by atoms with Crippen molar-refractivity contribution < 1.29 is 4.39 Å². The van der Waals surface area contributed by atoms with Gasteiger partial charge in [0, 0.05) is 12.2 Å². The Hall–Kier alpha value is -1.00. The molecule has 1 aromatic rings. The lowest BCUT2D eigenvalue weighted by Gasteiger charge is -2.35. The van der Waals surface area contributed by atoms with Crippen molar-refractivity contribution in [1.82, 2.24) is 9.88 Å². The molecule has 1 aromatic heterocycles. The average Bonchev–Trinajstić information content (AvgIpc) is 2.38. The second-order valence-electron chi connectivity index (χ2n) is 4.83. The van der Waals surface area contributed by atoms with Gasteiger partial charge in [0.05, 0.1) is 6.20 Å². The van der Waals surface area contributed by atoms with Crippen molar-refractivity contribution in [2.45, 2.75) is 25.8 Å². The Morgan fingerprint density at radius 2 is 2.18 bits per heavy atom. The topological polar surface area (TPSA) is 42.2 Å². The van der Waals surface area contributed by atoms with Crippen LogP contribution < -0.4 is 5.73 Å². The number of nitrogens with two attached hydrogens (primary N) is 1. The van der Waals surface area contributed by atoms with Crippen molar-refractivity contribution in [1.29, 1.82) is 0 Å². The molecule has 0 bridgehead atoms. The van der Waals surface area contributed by atoms with E-state index < -0.39 is 0 Å². The Balaban J connectivity index is 1.99. The highest BCUT2D eigenvalue weighted by Gasteiger charge is 2.22. The van der Waals surface area contributed by atoms with Crippen LogP contribution in [0.3, 0.4) is 0 Å². The molecule has 0 saturated carbocycles. The molecule has 94 valence electrons. The molecule has 2 N–H and O–H groups in total. The second kappa shape index (κ2) is 5.56. The number of hydrogen-bond donors (Lipinski definition) is 1. The molecule has 2 rings (SSSR count). The van der Waals surface area contributed by atoms with Crippen LogP contribution in [0.1, 0.15) is 31.4 Å². The van der Waals surface area contributed by atoms with Gasteiger partial charge in [-0.2, -0.15) is 0 Å². The third kappa shape index (κ3) is 3.01. The van der Waals surface area contributed by atoms with Crippen LogP contribution in [0.25, 0.3) is 0 Å². The van der Waals surface area contributed by atoms with Gasteiger partial charge in [-0.1, -0.05) is 0 Å². The Kier molecular flexibility index (Phi) is 4.07. The van der Waals surface area contributed by atoms with Crippen molar-refractivity contribution in [2.75, 3.05) is 19.6 Å². The van der Waals surface area contributed by atoms with Crippen LogP contribution in [0.5, 0.6) is 0 Å². The number of hydrogen-bond acceptors (Lipinski definition) is 3. The van der Waals surface area contributed by atoms with Gasteiger partial charge in [-0.3, -0.25) is 9.88 Å². The van der Waals surface area contributed by atoms with Crippen molar-refractivity contribution in [2.24, 2.45) is 11.7 Å². The molecule has 0 radical (unpaired) electrons. The highest BCUT2D eigenvalue weighted by molar-refractivity contribution is 5.14. The second-order valence-corrected chi connectivity index (χ2v) is 4.83. The molecule has 2 heterocycles. The minimum Gasteiger partial charge on any atom is -0.330 e. The normalized spacial score (nSPS) is 20.4. The molecule has 0 spiro atoms. The summed E-state index contributed by atoms with van der Waals surface area (Å²) in [6, 6.07) is 1.81. The van der Waals surface area contributed by atoms with Gasteiger partial charge < -0.3 is 5.73 Å². The molecule has 1 atom stereocenters. The van der Waals surface area contributed by atoms with Crippen LogP contribution in [0.15, 0.2) is 18.5 Å². The molecule has 0 amide bonds. The Bertz CT molecular complexity index is 361. The quantitative estimate of drug-likeness (QED) is 0.873. The molecule has 1 fully saturated rings. The summed E-state index contributed by atoms with van der Waals surface area (Å²) in [5.41, 5.74) is 6.63. The maximum atomic E-state index is 13.1. The molecule has 1 aliphatic rings. The number of piperidine rings is 1. The fourth-order valence-corrected chi connectivity index (χ4v) is 2.44. The van der Waals surface area contributed by atoms with E-state index >= 15 is 0 Å². The summed E-state index contributed by atoms with van der Waals surface area (Å²) in [5.74, 6) is 0.398. The minimum atomic E-state index is -0.258. The van der Waals surface area contributed by atoms with Crippen molar-refractivity contribution >= 4 is 0 Å². The third-order valence-electron chi connectivity index (χ3n) is 3.74. The molecule has 1 unspecified atom stereocenters. The standard InChI is InChI=1S/C13H20FN3/c1-10(12-6-13(14)9-16-8-12)17-4-2-11(7-15)3-5-17/h6,8-11H,2-5,7,15H2,1H3. The monoisotopic (exact) mass is 237 g/mol. The average molecular weight is 237 g/mol. The number of nitrogens with zero attached hydrogens (tertiary/aromatic N) is 2. The molecule has 1 aliphatic heterocycles. The lowest BCUT2D eigenvalue weighted by atomic mass is 9.95. The fourth-order valence-electron chi connectivity index (χ4n) is 2.44. The lowest BCUT2D eigenvalue weighted by Crippen LogP contribution is -2.37. The van der Waals surface area contributed by atoms with Crippen LogP contribution in [0.4, 0.5) is 4.39 Å². The zero-order valence-electron chi connectivity index (χ0n) is 10.3. The van der Waals surface area contributed by atoms with Gasteiger partial charge in [0.15, 0.2) is 0 Å². The molecule has 17 heavy (non-hydrogen) atoms. The summed E-state index contributed by atoms with van der Waals surface area (Å²) in [5, 5.41) is 0. The van der Waals surface area contributed by atoms with Gasteiger partial charge >= 0.3 is 0 Å². The molecular weight excluding hydrogens is 217 g/mol. The molecule has 1 saturated heterocycles. The largest absolute Gasteiger partial charge is 0.330 e. The fraction of sp³-hybridized carbons (Fsp3) is 0.615. The summed E-state index contributed by atoms with van der Waals surface area (Å²) in [4.78, 5) is 6.29. The first-order valence-corrected chi connectivity index (χ1v) is 6.25. The third-order valence-corrected chi connectivity index (χ3v) is 3.74. The van der Waals surface area contributed by atoms with E-state index in [1.807, 2.05) is 0 Å².